The van der Waals surface area contributed by atoms with Crippen LogP contribution in [0.3, 0.4) is 0 Å². The molecule has 3 rings (SSSR count). The molecule has 1 fully saturated rings. The maximum Gasteiger partial charge on any atom is 0.161 e. The quantitative estimate of drug-likeness (QED) is 0.633. The molecule has 2 atom stereocenters. The number of carbonyl (C=O) groups is 2. The summed E-state index contributed by atoms with van der Waals surface area (Å²) >= 11 is 0. The van der Waals surface area contributed by atoms with Crippen LogP contribution in [-0.2, 0) is 14.3 Å². The van der Waals surface area contributed by atoms with Crippen molar-refractivity contribution in [2.75, 3.05) is 0 Å². The highest BCUT2D eigenvalue weighted by Crippen LogP contribution is 2.38. The van der Waals surface area contributed by atoms with Crippen LogP contribution in [-0.4, -0.2) is 17.7 Å². The molecular weight excluding hydrogens is 288 g/mol. The lowest BCUT2D eigenvalue weighted by molar-refractivity contribution is -0.118. The van der Waals surface area contributed by atoms with Gasteiger partial charge in [-0.2, -0.15) is 0 Å². The van der Waals surface area contributed by atoms with Gasteiger partial charge in [-0.05, 0) is 31.1 Å². The van der Waals surface area contributed by atoms with E-state index in [1.54, 1.807) is 19.9 Å². The molecule has 1 saturated heterocycles. The van der Waals surface area contributed by atoms with Crippen LogP contribution in [0.2, 0.25) is 0 Å². The molecule has 1 heterocycles. The van der Waals surface area contributed by atoms with Crippen LogP contribution in [0.5, 0.6) is 0 Å². The van der Waals surface area contributed by atoms with Crippen LogP contribution in [0.25, 0.3) is 6.08 Å². The van der Waals surface area contributed by atoms with Gasteiger partial charge in [0.1, 0.15) is 12.2 Å². The Hall–Kier alpha value is -2.52. The van der Waals surface area contributed by atoms with Crippen molar-refractivity contribution in [1.29, 1.82) is 0 Å². The van der Waals surface area contributed by atoms with Crippen molar-refractivity contribution in [2.45, 2.75) is 26.1 Å². The van der Waals surface area contributed by atoms with Gasteiger partial charge in [-0.15, -0.1) is 0 Å². The summed E-state index contributed by atoms with van der Waals surface area (Å²) in [6.45, 7) is 3.10. The van der Waals surface area contributed by atoms with E-state index in [0.717, 1.165) is 11.1 Å². The van der Waals surface area contributed by atoms with E-state index in [1.807, 2.05) is 66.7 Å². The number of benzene rings is 2. The Labute approximate surface area is 136 Å². The van der Waals surface area contributed by atoms with E-state index < -0.39 is 0 Å². The SMILES string of the molecule is CC(=O)/C=C/c1ccccc1.CC(=O)[C@@H]1OC1c1ccccc1. The Kier molecular flexibility index (Phi) is 6.01. The first-order chi connectivity index (χ1) is 11.1. The summed E-state index contributed by atoms with van der Waals surface area (Å²) in [5.41, 5.74) is 2.15. The van der Waals surface area contributed by atoms with E-state index >= 15 is 0 Å². The minimum atomic E-state index is -0.188. The lowest BCUT2D eigenvalue weighted by atomic mass is 10.1. The summed E-state index contributed by atoms with van der Waals surface area (Å²) < 4.78 is 5.21. The summed E-state index contributed by atoms with van der Waals surface area (Å²) in [7, 11) is 0. The highest BCUT2D eigenvalue weighted by Gasteiger charge is 2.43. The van der Waals surface area contributed by atoms with Crippen molar-refractivity contribution in [3.8, 4) is 0 Å². The first-order valence-electron chi connectivity index (χ1n) is 7.52. The fourth-order valence-corrected chi connectivity index (χ4v) is 2.10. The molecule has 0 bridgehead atoms. The second-order valence-corrected chi connectivity index (χ2v) is 5.35. The zero-order valence-corrected chi connectivity index (χ0v) is 13.3. The molecule has 0 spiro atoms. The van der Waals surface area contributed by atoms with Crippen molar-refractivity contribution >= 4 is 17.6 Å². The number of allylic oxidation sites excluding steroid dienone is 1. The lowest BCUT2D eigenvalue weighted by Gasteiger charge is -1.91. The summed E-state index contributed by atoms with van der Waals surface area (Å²) in [4.78, 5) is 21.4. The highest BCUT2D eigenvalue weighted by molar-refractivity contribution is 5.91. The van der Waals surface area contributed by atoms with Crippen LogP contribution < -0.4 is 0 Å². The molecule has 0 saturated carbocycles. The van der Waals surface area contributed by atoms with E-state index in [-0.39, 0.29) is 23.8 Å². The molecule has 2 aromatic carbocycles. The molecule has 0 amide bonds. The van der Waals surface area contributed by atoms with Gasteiger partial charge in [0.15, 0.2) is 11.6 Å². The van der Waals surface area contributed by atoms with Crippen LogP contribution >= 0.6 is 0 Å². The summed E-state index contributed by atoms with van der Waals surface area (Å²) in [5.74, 6) is 0.192. The molecule has 0 aromatic heterocycles. The second kappa shape index (κ2) is 8.20. The maximum absolute atomic E-state index is 10.9. The lowest BCUT2D eigenvalue weighted by Crippen LogP contribution is -2.00. The van der Waals surface area contributed by atoms with Crippen LogP contribution in [0.1, 0.15) is 31.1 Å². The van der Waals surface area contributed by atoms with E-state index in [9.17, 15) is 9.59 Å². The Morgan fingerprint density at radius 3 is 1.96 bits per heavy atom. The molecule has 0 radical (unpaired) electrons. The third kappa shape index (κ3) is 5.64. The second-order valence-electron chi connectivity index (χ2n) is 5.35. The van der Waals surface area contributed by atoms with Gasteiger partial charge in [-0.25, -0.2) is 0 Å². The van der Waals surface area contributed by atoms with E-state index in [0.29, 0.717) is 0 Å². The smallest absolute Gasteiger partial charge is 0.161 e. The maximum atomic E-state index is 10.9. The van der Waals surface area contributed by atoms with Gasteiger partial charge in [0, 0.05) is 0 Å². The minimum Gasteiger partial charge on any atom is -0.356 e. The molecule has 0 aliphatic carbocycles. The fraction of sp³-hybridized carbons (Fsp3) is 0.200. The number of carbonyl (C=O) groups excluding carboxylic acids is 2. The van der Waals surface area contributed by atoms with Crippen LogP contribution in [0, 0.1) is 0 Å². The van der Waals surface area contributed by atoms with Gasteiger partial charge in [0.2, 0.25) is 0 Å². The van der Waals surface area contributed by atoms with Crippen LogP contribution in [0.15, 0.2) is 66.7 Å². The normalized spacial score (nSPS) is 18.9. The number of hydrogen-bond acceptors (Lipinski definition) is 3. The number of rotatable bonds is 4. The third-order valence-electron chi connectivity index (χ3n) is 3.33. The number of ketones is 2. The van der Waals surface area contributed by atoms with Crippen LogP contribution in [0.4, 0.5) is 0 Å². The van der Waals surface area contributed by atoms with Gasteiger partial charge in [-0.3, -0.25) is 9.59 Å². The van der Waals surface area contributed by atoms with E-state index in [2.05, 4.69) is 0 Å². The van der Waals surface area contributed by atoms with Crippen molar-refractivity contribution in [1.82, 2.24) is 0 Å². The first-order valence-corrected chi connectivity index (χ1v) is 7.52. The Morgan fingerprint density at radius 2 is 1.48 bits per heavy atom. The standard InChI is InChI=1S/C10H10O2.C10H10O/c1-7(11)9-10(12-9)8-5-3-2-4-6-8;1-9(11)7-8-10-5-3-2-4-6-10/h2-6,9-10H,1H3;2-8H,1H3/b;8-7+/t9-,10?;/m0./s1. The average molecular weight is 308 g/mol. The summed E-state index contributed by atoms with van der Waals surface area (Å²) in [6, 6.07) is 19.6. The van der Waals surface area contributed by atoms with E-state index in [4.69, 9.17) is 4.74 Å². The molecular formula is C20H20O3. The van der Waals surface area contributed by atoms with Gasteiger partial charge in [0.05, 0.1) is 0 Å². The monoisotopic (exact) mass is 308 g/mol. The topological polar surface area (TPSA) is 46.7 Å². The summed E-state index contributed by atoms with van der Waals surface area (Å²) in [6.07, 6.45) is 3.20. The number of Topliss-reactive ketones (excluding diaryl/α,β-unsaturated/α-hetero) is 1. The zero-order chi connectivity index (χ0) is 16.7. The Bertz CT molecular complexity index is 675. The van der Waals surface area contributed by atoms with Gasteiger partial charge < -0.3 is 4.74 Å². The van der Waals surface area contributed by atoms with Gasteiger partial charge in [0.25, 0.3) is 0 Å². The van der Waals surface area contributed by atoms with Gasteiger partial charge >= 0.3 is 0 Å². The molecule has 1 aliphatic rings. The first kappa shape index (κ1) is 16.8. The number of ether oxygens (including phenoxy) is 1. The molecule has 3 nitrogen and oxygen atoms in total. The number of epoxide rings is 1. The van der Waals surface area contributed by atoms with Crippen molar-refractivity contribution in [3.05, 3.63) is 77.9 Å². The Balaban J connectivity index is 0.000000168. The zero-order valence-electron chi connectivity index (χ0n) is 13.3. The summed E-state index contributed by atoms with van der Waals surface area (Å²) in [5, 5.41) is 0. The Morgan fingerprint density at radius 1 is 0.913 bits per heavy atom. The third-order valence-corrected chi connectivity index (χ3v) is 3.33. The minimum absolute atomic E-state index is 0.0173. The largest absolute Gasteiger partial charge is 0.356 e. The van der Waals surface area contributed by atoms with E-state index in [1.165, 1.54) is 0 Å². The molecule has 1 unspecified atom stereocenters. The fourth-order valence-electron chi connectivity index (χ4n) is 2.10. The van der Waals surface area contributed by atoms with Crippen molar-refractivity contribution < 1.29 is 14.3 Å². The highest BCUT2D eigenvalue weighted by atomic mass is 16.6. The number of hydrogen-bond donors (Lipinski definition) is 0. The molecule has 23 heavy (non-hydrogen) atoms. The van der Waals surface area contributed by atoms with Gasteiger partial charge in [-0.1, -0.05) is 66.7 Å². The average Bonchev–Trinajstić information content (AvgIpc) is 3.36. The van der Waals surface area contributed by atoms with Crippen molar-refractivity contribution in [3.63, 3.8) is 0 Å². The molecule has 3 heteroatoms. The van der Waals surface area contributed by atoms with Crippen molar-refractivity contribution in [2.24, 2.45) is 0 Å². The molecule has 118 valence electrons. The molecule has 1 aliphatic heterocycles. The molecule has 0 N–H and O–H groups in total. The molecule has 2 aromatic rings. The predicted molar refractivity (Wildman–Crippen MR) is 90.9 cm³/mol. The predicted octanol–water partition coefficient (Wildman–Crippen LogP) is 4.00.